The van der Waals surface area contributed by atoms with E-state index in [0.717, 1.165) is 64.0 Å². The summed E-state index contributed by atoms with van der Waals surface area (Å²) in [6.07, 6.45) is 8.51. The number of carbonyl (C=O) groups excluding carboxylic acids is 1. The summed E-state index contributed by atoms with van der Waals surface area (Å²) in [5, 5.41) is 2.96. The first-order chi connectivity index (χ1) is 8.33. The molecule has 1 aliphatic rings. The van der Waals surface area contributed by atoms with Gasteiger partial charge in [-0.2, -0.15) is 0 Å². The number of nitrogens with one attached hydrogen (secondary N) is 1. The van der Waals surface area contributed by atoms with E-state index >= 15 is 0 Å². The quantitative estimate of drug-likeness (QED) is 0.512. The Balaban J connectivity index is 1.87. The molecule has 1 aliphatic heterocycles. The van der Waals surface area contributed by atoms with E-state index in [9.17, 15) is 4.79 Å². The van der Waals surface area contributed by atoms with Crippen LogP contribution in [0.5, 0.6) is 0 Å². The van der Waals surface area contributed by atoms with Crippen molar-refractivity contribution >= 4 is 17.5 Å². The third kappa shape index (κ3) is 7.61. The van der Waals surface area contributed by atoms with Crippen LogP contribution in [0.15, 0.2) is 0 Å². The largest absolute Gasteiger partial charge is 0.378 e. The SMILES string of the molecule is O=C(CCC1CCCO1)NCCCCCCCl. The Kier molecular flexibility index (Phi) is 8.45. The monoisotopic (exact) mass is 261 g/mol. The van der Waals surface area contributed by atoms with Crippen LogP contribution in [0.3, 0.4) is 0 Å². The number of hydrogen-bond donors (Lipinski definition) is 1. The predicted molar refractivity (Wildman–Crippen MR) is 70.4 cm³/mol. The van der Waals surface area contributed by atoms with Crippen molar-refractivity contribution < 1.29 is 9.53 Å². The average molecular weight is 262 g/mol. The minimum absolute atomic E-state index is 0.165. The minimum atomic E-state index is 0.165. The number of alkyl halides is 1. The molecule has 0 aromatic rings. The smallest absolute Gasteiger partial charge is 0.220 e. The van der Waals surface area contributed by atoms with Gasteiger partial charge >= 0.3 is 0 Å². The summed E-state index contributed by atoms with van der Waals surface area (Å²) in [5.74, 6) is 0.908. The predicted octanol–water partition coefficient (Wildman–Crippen LogP) is 2.86. The first kappa shape index (κ1) is 14.8. The molecule has 100 valence electrons. The lowest BCUT2D eigenvalue weighted by molar-refractivity contribution is -0.121. The van der Waals surface area contributed by atoms with Crippen LogP contribution in [-0.2, 0) is 9.53 Å². The highest BCUT2D eigenvalue weighted by Crippen LogP contribution is 2.16. The number of halogens is 1. The van der Waals surface area contributed by atoms with E-state index in [1.54, 1.807) is 0 Å². The Morgan fingerprint density at radius 2 is 2.12 bits per heavy atom. The van der Waals surface area contributed by atoms with Gasteiger partial charge < -0.3 is 10.1 Å². The van der Waals surface area contributed by atoms with Gasteiger partial charge in [0.25, 0.3) is 0 Å². The molecular formula is C13H24ClNO2. The third-order valence-electron chi connectivity index (χ3n) is 3.10. The van der Waals surface area contributed by atoms with Gasteiger partial charge in [0.1, 0.15) is 0 Å². The van der Waals surface area contributed by atoms with Gasteiger partial charge in [0, 0.05) is 25.5 Å². The van der Waals surface area contributed by atoms with Crippen molar-refractivity contribution in [1.29, 1.82) is 0 Å². The van der Waals surface area contributed by atoms with Crippen LogP contribution in [0.1, 0.15) is 51.4 Å². The van der Waals surface area contributed by atoms with Crippen molar-refractivity contribution in [1.82, 2.24) is 5.32 Å². The summed E-state index contributed by atoms with van der Waals surface area (Å²) in [6, 6.07) is 0. The van der Waals surface area contributed by atoms with Crippen LogP contribution in [0.25, 0.3) is 0 Å². The lowest BCUT2D eigenvalue weighted by atomic mass is 10.1. The fraction of sp³-hybridized carbons (Fsp3) is 0.923. The number of carbonyl (C=O) groups is 1. The van der Waals surface area contributed by atoms with E-state index in [4.69, 9.17) is 16.3 Å². The lowest BCUT2D eigenvalue weighted by Gasteiger charge is -2.09. The molecule has 1 fully saturated rings. The van der Waals surface area contributed by atoms with E-state index in [1.807, 2.05) is 0 Å². The molecule has 1 heterocycles. The Labute approximate surface area is 109 Å². The van der Waals surface area contributed by atoms with Gasteiger partial charge in [0.2, 0.25) is 5.91 Å². The maximum atomic E-state index is 11.5. The summed E-state index contributed by atoms with van der Waals surface area (Å²) in [4.78, 5) is 11.5. The van der Waals surface area contributed by atoms with Crippen LogP contribution < -0.4 is 5.32 Å². The van der Waals surface area contributed by atoms with Gasteiger partial charge in [-0.25, -0.2) is 0 Å². The maximum absolute atomic E-state index is 11.5. The van der Waals surface area contributed by atoms with Crippen LogP contribution in [0.2, 0.25) is 0 Å². The minimum Gasteiger partial charge on any atom is -0.378 e. The molecule has 1 saturated heterocycles. The summed E-state index contributed by atoms with van der Waals surface area (Å²) in [5.41, 5.74) is 0. The molecule has 0 aliphatic carbocycles. The van der Waals surface area contributed by atoms with Crippen LogP contribution in [-0.4, -0.2) is 31.0 Å². The standard InChI is InChI=1S/C13H24ClNO2/c14-9-3-1-2-4-10-15-13(16)8-7-12-6-5-11-17-12/h12H,1-11H2,(H,15,16). The number of rotatable bonds is 9. The highest BCUT2D eigenvalue weighted by atomic mass is 35.5. The molecule has 1 atom stereocenters. The number of ether oxygens (including phenoxy) is 1. The molecule has 17 heavy (non-hydrogen) atoms. The van der Waals surface area contributed by atoms with E-state index in [1.165, 1.54) is 0 Å². The molecule has 0 bridgehead atoms. The maximum Gasteiger partial charge on any atom is 0.220 e. The highest BCUT2D eigenvalue weighted by molar-refractivity contribution is 6.17. The topological polar surface area (TPSA) is 38.3 Å². The van der Waals surface area contributed by atoms with Crippen molar-refractivity contribution in [2.24, 2.45) is 0 Å². The molecule has 1 N–H and O–H groups in total. The summed E-state index contributed by atoms with van der Waals surface area (Å²) in [6.45, 7) is 1.67. The first-order valence-electron chi connectivity index (χ1n) is 6.77. The molecule has 1 amide bonds. The Morgan fingerprint density at radius 1 is 1.29 bits per heavy atom. The molecule has 0 aromatic heterocycles. The summed E-state index contributed by atoms with van der Waals surface area (Å²) in [7, 11) is 0. The normalized spacial score (nSPS) is 19.5. The lowest BCUT2D eigenvalue weighted by Crippen LogP contribution is -2.25. The van der Waals surface area contributed by atoms with Crippen molar-refractivity contribution in [3.8, 4) is 0 Å². The van der Waals surface area contributed by atoms with Gasteiger partial charge in [-0.15, -0.1) is 11.6 Å². The van der Waals surface area contributed by atoms with Crippen molar-refractivity contribution in [3.05, 3.63) is 0 Å². The molecule has 4 heteroatoms. The number of amides is 1. The molecule has 0 spiro atoms. The zero-order chi connectivity index (χ0) is 12.3. The van der Waals surface area contributed by atoms with E-state index in [-0.39, 0.29) is 5.91 Å². The Hall–Kier alpha value is -0.280. The molecule has 3 nitrogen and oxygen atoms in total. The fourth-order valence-corrected chi connectivity index (χ4v) is 2.24. The van der Waals surface area contributed by atoms with Crippen molar-refractivity contribution in [2.45, 2.75) is 57.5 Å². The summed E-state index contributed by atoms with van der Waals surface area (Å²) >= 11 is 5.59. The second kappa shape index (κ2) is 9.72. The molecule has 1 unspecified atom stereocenters. The number of unbranched alkanes of at least 4 members (excludes halogenated alkanes) is 3. The van der Waals surface area contributed by atoms with Crippen molar-refractivity contribution in [2.75, 3.05) is 19.0 Å². The van der Waals surface area contributed by atoms with Gasteiger partial charge in [0.05, 0.1) is 6.10 Å². The molecule has 0 aromatic carbocycles. The van der Waals surface area contributed by atoms with Gasteiger partial charge in [-0.1, -0.05) is 12.8 Å². The van der Waals surface area contributed by atoms with Crippen LogP contribution in [0, 0.1) is 0 Å². The Morgan fingerprint density at radius 3 is 2.82 bits per heavy atom. The van der Waals surface area contributed by atoms with Gasteiger partial charge in [0.15, 0.2) is 0 Å². The van der Waals surface area contributed by atoms with Gasteiger partial charge in [-0.3, -0.25) is 4.79 Å². The van der Waals surface area contributed by atoms with Crippen molar-refractivity contribution in [3.63, 3.8) is 0 Å². The second-order valence-electron chi connectivity index (χ2n) is 4.63. The number of hydrogen-bond acceptors (Lipinski definition) is 2. The second-order valence-corrected chi connectivity index (χ2v) is 5.00. The van der Waals surface area contributed by atoms with Gasteiger partial charge in [-0.05, 0) is 32.1 Å². The highest BCUT2D eigenvalue weighted by Gasteiger charge is 2.16. The zero-order valence-corrected chi connectivity index (χ0v) is 11.3. The van der Waals surface area contributed by atoms with Crippen LogP contribution >= 0.6 is 11.6 Å². The molecular weight excluding hydrogens is 238 g/mol. The molecule has 0 saturated carbocycles. The Bertz CT molecular complexity index is 206. The first-order valence-corrected chi connectivity index (χ1v) is 7.30. The van der Waals surface area contributed by atoms with Crippen LogP contribution in [0.4, 0.5) is 0 Å². The fourth-order valence-electron chi connectivity index (χ4n) is 2.05. The van der Waals surface area contributed by atoms with E-state index in [0.29, 0.717) is 12.5 Å². The summed E-state index contributed by atoms with van der Waals surface area (Å²) < 4.78 is 5.48. The third-order valence-corrected chi connectivity index (χ3v) is 3.37. The molecule has 0 radical (unpaired) electrons. The van der Waals surface area contributed by atoms with E-state index in [2.05, 4.69) is 5.32 Å². The zero-order valence-electron chi connectivity index (χ0n) is 10.5. The van der Waals surface area contributed by atoms with E-state index < -0.39 is 0 Å². The average Bonchev–Trinajstić information content (AvgIpc) is 2.84. The molecule has 1 rings (SSSR count).